The van der Waals surface area contributed by atoms with Gasteiger partial charge in [0.15, 0.2) is 6.10 Å². The molecule has 0 spiro atoms. The van der Waals surface area contributed by atoms with Gasteiger partial charge in [0, 0.05) is 32.6 Å². The number of aromatic nitrogens is 2. The molecule has 2 rings (SSSR count). The van der Waals surface area contributed by atoms with E-state index in [0.717, 1.165) is 11.4 Å². The van der Waals surface area contributed by atoms with E-state index in [-0.39, 0.29) is 5.91 Å². The maximum atomic E-state index is 12.1. The van der Waals surface area contributed by atoms with E-state index < -0.39 is 6.10 Å². The molecule has 0 bridgehead atoms. The number of methoxy groups -OCH3 is 1. The summed E-state index contributed by atoms with van der Waals surface area (Å²) in [6.45, 7) is 3.18. The quantitative estimate of drug-likeness (QED) is 0.871. The highest BCUT2D eigenvalue weighted by molar-refractivity contribution is 5.82. The van der Waals surface area contributed by atoms with Gasteiger partial charge in [-0.1, -0.05) is 30.3 Å². The van der Waals surface area contributed by atoms with Crippen LogP contribution in [0.25, 0.3) is 0 Å². The van der Waals surface area contributed by atoms with Gasteiger partial charge < -0.3 is 14.6 Å². The van der Waals surface area contributed by atoms with Gasteiger partial charge in [0.1, 0.15) is 5.82 Å². The zero-order chi connectivity index (χ0) is 14.4. The molecule has 2 aromatic rings. The predicted octanol–water partition coefficient (Wildman–Crippen LogP) is 1.70. The van der Waals surface area contributed by atoms with Crippen molar-refractivity contribution in [2.45, 2.75) is 19.6 Å². The molecule has 1 amide bonds. The van der Waals surface area contributed by atoms with Crippen molar-refractivity contribution in [3.8, 4) is 0 Å². The van der Waals surface area contributed by atoms with E-state index in [1.807, 2.05) is 48.0 Å². The second-order valence-corrected chi connectivity index (χ2v) is 4.49. The first-order valence-corrected chi connectivity index (χ1v) is 6.55. The number of aryl methyl sites for hydroxylation is 1. The third-order valence-corrected chi connectivity index (χ3v) is 3.15. The van der Waals surface area contributed by atoms with Crippen LogP contribution in [0.1, 0.15) is 17.5 Å². The van der Waals surface area contributed by atoms with E-state index in [0.29, 0.717) is 13.1 Å². The fourth-order valence-electron chi connectivity index (χ4n) is 2.05. The third-order valence-electron chi connectivity index (χ3n) is 3.15. The van der Waals surface area contributed by atoms with Gasteiger partial charge in [-0.25, -0.2) is 4.98 Å². The van der Waals surface area contributed by atoms with E-state index in [4.69, 9.17) is 4.74 Å². The average Bonchev–Trinajstić information content (AvgIpc) is 2.86. The smallest absolute Gasteiger partial charge is 0.253 e. The molecular weight excluding hydrogens is 254 g/mol. The van der Waals surface area contributed by atoms with Gasteiger partial charge in [0.2, 0.25) is 0 Å². The summed E-state index contributed by atoms with van der Waals surface area (Å²) in [6.07, 6.45) is 3.08. The largest absolute Gasteiger partial charge is 0.367 e. The Balaban J connectivity index is 1.89. The van der Waals surface area contributed by atoms with E-state index in [2.05, 4.69) is 10.3 Å². The van der Waals surface area contributed by atoms with Crippen molar-refractivity contribution in [2.24, 2.45) is 0 Å². The van der Waals surface area contributed by atoms with Crippen molar-refractivity contribution in [2.75, 3.05) is 13.7 Å². The molecule has 0 aliphatic carbocycles. The van der Waals surface area contributed by atoms with Gasteiger partial charge in [0.05, 0.1) is 0 Å². The highest BCUT2D eigenvalue weighted by atomic mass is 16.5. The summed E-state index contributed by atoms with van der Waals surface area (Å²) < 4.78 is 7.27. The summed E-state index contributed by atoms with van der Waals surface area (Å²) in [4.78, 5) is 16.3. The van der Waals surface area contributed by atoms with Crippen LogP contribution >= 0.6 is 0 Å². The molecule has 1 aromatic heterocycles. The number of carbonyl (C=O) groups is 1. The Hall–Kier alpha value is -2.14. The lowest BCUT2D eigenvalue weighted by atomic mass is 10.1. The van der Waals surface area contributed by atoms with Crippen molar-refractivity contribution in [1.82, 2.24) is 14.9 Å². The number of hydrogen-bond acceptors (Lipinski definition) is 3. The molecule has 5 heteroatoms. The fourth-order valence-corrected chi connectivity index (χ4v) is 2.05. The summed E-state index contributed by atoms with van der Waals surface area (Å²) in [6, 6.07) is 9.46. The fraction of sp³-hybridized carbons (Fsp3) is 0.333. The Bertz CT molecular complexity index is 551. The van der Waals surface area contributed by atoms with Gasteiger partial charge in [-0.15, -0.1) is 0 Å². The maximum absolute atomic E-state index is 12.1. The molecule has 1 heterocycles. The van der Waals surface area contributed by atoms with Gasteiger partial charge in [-0.05, 0) is 12.5 Å². The molecule has 1 N–H and O–H groups in total. The molecule has 0 fully saturated rings. The van der Waals surface area contributed by atoms with Gasteiger partial charge in [-0.3, -0.25) is 4.79 Å². The van der Waals surface area contributed by atoms with E-state index in [1.165, 1.54) is 7.11 Å². The molecule has 106 valence electrons. The molecular formula is C15H19N3O2. The molecule has 5 nitrogen and oxygen atoms in total. The minimum absolute atomic E-state index is 0.128. The Morgan fingerprint density at radius 1 is 1.40 bits per heavy atom. The molecule has 0 aliphatic rings. The first-order valence-electron chi connectivity index (χ1n) is 6.55. The number of carbonyl (C=O) groups excluding carboxylic acids is 1. The Kier molecular flexibility index (Phi) is 4.90. The normalized spacial score (nSPS) is 12.1. The van der Waals surface area contributed by atoms with Gasteiger partial charge >= 0.3 is 0 Å². The Labute approximate surface area is 118 Å². The standard InChI is InChI=1S/C15H19N3O2/c1-12-16-8-10-18(12)11-9-17-15(19)14(20-2)13-6-4-3-5-7-13/h3-8,10,14H,9,11H2,1-2H3,(H,17,19). The van der Waals surface area contributed by atoms with Crippen molar-refractivity contribution in [3.63, 3.8) is 0 Å². The highest BCUT2D eigenvalue weighted by Crippen LogP contribution is 2.15. The molecule has 1 aromatic carbocycles. The lowest BCUT2D eigenvalue weighted by Gasteiger charge is -2.16. The van der Waals surface area contributed by atoms with Crippen LogP contribution in [0.2, 0.25) is 0 Å². The summed E-state index contributed by atoms with van der Waals surface area (Å²) in [5.41, 5.74) is 0.853. The molecule has 1 unspecified atom stereocenters. The van der Waals surface area contributed by atoms with Crippen LogP contribution in [0.4, 0.5) is 0 Å². The lowest BCUT2D eigenvalue weighted by Crippen LogP contribution is -2.32. The predicted molar refractivity (Wildman–Crippen MR) is 76.2 cm³/mol. The number of benzene rings is 1. The van der Waals surface area contributed by atoms with Crippen molar-refractivity contribution in [1.29, 1.82) is 0 Å². The highest BCUT2D eigenvalue weighted by Gasteiger charge is 2.18. The number of rotatable bonds is 6. The van der Waals surface area contributed by atoms with Crippen LogP contribution in [-0.2, 0) is 16.1 Å². The number of imidazole rings is 1. The Morgan fingerprint density at radius 3 is 2.75 bits per heavy atom. The van der Waals surface area contributed by atoms with Crippen molar-refractivity contribution >= 4 is 5.91 Å². The number of ether oxygens (including phenoxy) is 1. The topological polar surface area (TPSA) is 56.1 Å². The average molecular weight is 273 g/mol. The molecule has 0 saturated carbocycles. The van der Waals surface area contributed by atoms with E-state index in [9.17, 15) is 4.79 Å². The van der Waals surface area contributed by atoms with Gasteiger partial charge in [-0.2, -0.15) is 0 Å². The second kappa shape index (κ2) is 6.86. The third kappa shape index (κ3) is 3.45. The number of nitrogens with zero attached hydrogens (tertiary/aromatic N) is 2. The molecule has 0 saturated heterocycles. The zero-order valence-electron chi connectivity index (χ0n) is 11.7. The van der Waals surface area contributed by atoms with Crippen molar-refractivity contribution < 1.29 is 9.53 Å². The molecule has 20 heavy (non-hydrogen) atoms. The summed E-state index contributed by atoms with van der Waals surface area (Å²) >= 11 is 0. The van der Waals surface area contributed by atoms with E-state index in [1.54, 1.807) is 6.20 Å². The van der Waals surface area contributed by atoms with Crippen LogP contribution in [-0.4, -0.2) is 29.1 Å². The Morgan fingerprint density at radius 2 is 2.15 bits per heavy atom. The van der Waals surface area contributed by atoms with Crippen LogP contribution in [0, 0.1) is 6.92 Å². The van der Waals surface area contributed by atoms with Crippen LogP contribution in [0.15, 0.2) is 42.7 Å². The molecule has 1 atom stereocenters. The first-order chi connectivity index (χ1) is 9.72. The number of nitrogens with one attached hydrogen (secondary N) is 1. The minimum atomic E-state index is -0.569. The molecule has 0 radical (unpaired) electrons. The number of amides is 1. The first kappa shape index (κ1) is 14.3. The van der Waals surface area contributed by atoms with Gasteiger partial charge in [0.25, 0.3) is 5.91 Å². The summed E-state index contributed by atoms with van der Waals surface area (Å²) in [7, 11) is 1.54. The minimum Gasteiger partial charge on any atom is -0.367 e. The monoisotopic (exact) mass is 273 g/mol. The van der Waals surface area contributed by atoms with E-state index >= 15 is 0 Å². The molecule has 0 aliphatic heterocycles. The maximum Gasteiger partial charge on any atom is 0.253 e. The second-order valence-electron chi connectivity index (χ2n) is 4.49. The SMILES string of the molecule is COC(C(=O)NCCn1ccnc1C)c1ccccc1. The summed E-state index contributed by atoms with van der Waals surface area (Å²) in [5, 5.41) is 2.89. The summed E-state index contributed by atoms with van der Waals surface area (Å²) in [5.74, 6) is 0.807. The number of hydrogen-bond donors (Lipinski definition) is 1. The van der Waals surface area contributed by atoms with Crippen LogP contribution in [0.5, 0.6) is 0 Å². The van der Waals surface area contributed by atoms with Crippen molar-refractivity contribution in [3.05, 3.63) is 54.1 Å². The lowest BCUT2D eigenvalue weighted by molar-refractivity contribution is -0.131. The van der Waals surface area contributed by atoms with Crippen LogP contribution < -0.4 is 5.32 Å². The van der Waals surface area contributed by atoms with Crippen LogP contribution in [0.3, 0.4) is 0 Å². The zero-order valence-corrected chi connectivity index (χ0v) is 11.7.